The summed E-state index contributed by atoms with van der Waals surface area (Å²) >= 11 is 0. The lowest BCUT2D eigenvalue weighted by Crippen LogP contribution is -2.26. The number of hydrogen-bond acceptors (Lipinski definition) is 4. The molecule has 1 fully saturated rings. The van der Waals surface area contributed by atoms with Gasteiger partial charge in [0.1, 0.15) is 5.75 Å². The highest BCUT2D eigenvalue weighted by Crippen LogP contribution is 2.42. The number of aryl methyl sites for hydroxylation is 1. The number of aromatic amines is 1. The molecule has 1 aromatic heterocycles. The molecule has 2 N–H and O–H groups in total. The summed E-state index contributed by atoms with van der Waals surface area (Å²) < 4.78 is 33.7. The van der Waals surface area contributed by atoms with Crippen molar-refractivity contribution in [3.63, 3.8) is 0 Å². The van der Waals surface area contributed by atoms with E-state index in [0.717, 1.165) is 53.9 Å². The first-order valence-corrected chi connectivity index (χ1v) is 13.3. The van der Waals surface area contributed by atoms with E-state index in [4.69, 9.17) is 4.74 Å². The maximum atomic E-state index is 12.8. The molecule has 1 saturated carbocycles. The van der Waals surface area contributed by atoms with Crippen LogP contribution in [0.1, 0.15) is 61.8 Å². The van der Waals surface area contributed by atoms with Crippen LogP contribution in [0.4, 0.5) is 0 Å². The van der Waals surface area contributed by atoms with Gasteiger partial charge in [0.25, 0.3) is 0 Å². The van der Waals surface area contributed by atoms with Gasteiger partial charge in [0.05, 0.1) is 23.4 Å². The summed E-state index contributed by atoms with van der Waals surface area (Å²) in [6.07, 6.45) is 7.34. The summed E-state index contributed by atoms with van der Waals surface area (Å²) in [7, 11) is -1.91. The zero-order valence-corrected chi connectivity index (χ0v) is 20.2. The Morgan fingerprint density at radius 2 is 1.76 bits per heavy atom. The second kappa shape index (κ2) is 10.5. The van der Waals surface area contributed by atoms with Gasteiger partial charge in [-0.15, -0.1) is 0 Å². The Labute approximate surface area is 196 Å². The molecular formula is C26H33N3O3S. The van der Waals surface area contributed by atoms with Crippen LogP contribution in [0, 0.1) is 0 Å². The van der Waals surface area contributed by atoms with Gasteiger partial charge in [0.2, 0.25) is 10.0 Å². The van der Waals surface area contributed by atoms with Gasteiger partial charge < -0.3 is 4.74 Å². The Morgan fingerprint density at radius 3 is 2.39 bits per heavy atom. The molecule has 6 nitrogen and oxygen atoms in total. The van der Waals surface area contributed by atoms with Crippen molar-refractivity contribution in [2.75, 3.05) is 13.7 Å². The zero-order chi connectivity index (χ0) is 23.3. The zero-order valence-electron chi connectivity index (χ0n) is 19.4. The minimum Gasteiger partial charge on any atom is -0.497 e. The Balaban J connectivity index is 1.43. The highest BCUT2D eigenvalue weighted by atomic mass is 32.2. The summed E-state index contributed by atoms with van der Waals surface area (Å²) in [4.78, 5) is 0.312. The van der Waals surface area contributed by atoms with E-state index in [1.807, 2.05) is 36.4 Å². The minimum absolute atomic E-state index is 0.312. The smallest absolute Gasteiger partial charge is 0.240 e. The lowest BCUT2D eigenvalue weighted by Gasteiger charge is -2.10. The van der Waals surface area contributed by atoms with Gasteiger partial charge in [-0.2, -0.15) is 5.10 Å². The number of H-pyrrole nitrogens is 1. The van der Waals surface area contributed by atoms with Gasteiger partial charge in [-0.1, -0.05) is 31.9 Å². The van der Waals surface area contributed by atoms with E-state index in [1.165, 1.54) is 18.4 Å². The number of sulfonamides is 1. The molecule has 1 heterocycles. The Morgan fingerprint density at radius 1 is 1.03 bits per heavy atom. The van der Waals surface area contributed by atoms with E-state index in [9.17, 15) is 8.42 Å². The molecule has 4 rings (SSSR count). The highest BCUT2D eigenvalue weighted by molar-refractivity contribution is 7.89. The van der Waals surface area contributed by atoms with Gasteiger partial charge in [0.15, 0.2) is 0 Å². The van der Waals surface area contributed by atoms with Crippen LogP contribution in [0.2, 0.25) is 0 Å². The van der Waals surface area contributed by atoms with Gasteiger partial charge >= 0.3 is 0 Å². The van der Waals surface area contributed by atoms with E-state index < -0.39 is 10.0 Å². The largest absolute Gasteiger partial charge is 0.497 e. The van der Waals surface area contributed by atoms with E-state index in [1.54, 1.807) is 19.2 Å². The molecule has 176 valence electrons. The monoisotopic (exact) mass is 467 g/mol. The first-order valence-electron chi connectivity index (χ1n) is 11.8. The average molecular weight is 468 g/mol. The topological polar surface area (TPSA) is 84.1 Å². The summed E-state index contributed by atoms with van der Waals surface area (Å²) in [6, 6.07) is 15.1. The first kappa shape index (κ1) is 23.5. The van der Waals surface area contributed by atoms with Gasteiger partial charge in [-0.3, -0.25) is 5.10 Å². The Kier molecular flexibility index (Phi) is 7.50. The number of ether oxygens (including phenoxy) is 1. The fourth-order valence-electron chi connectivity index (χ4n) is 4.13. The van der Waals surface area contributed by atoms with Crippen molar-refractivity contribution in [1.29, 1.82) is 0 Å². The molecule has 33 heavy (non-hydrogen) atoms. The molecular weight excluding hydrogens is 434 g/mol. The van der Waals surface area contributed by atoms with Crippen molar-refractivity contribution >= 4 is 10.0 Å². The van der Waals surface area contributed by atoms with Crippen LogP contribution >= 0.6 is 0 Å². The molecule has 0 spiro atoms. The number of benzene rings is 2. The summed E-state index contributed by atoms with van der Waals surface area (Å²) in [5.41, 5.74) is 5.31. The molecule has 0 amide bonds. The van der Waals surface area contributed by atoms with Crippen LogP contribution in [0.15, 0.2) is 53.4 Å². The van der Waals surface area contributed by atoms with Crippen molar-refractivity contribution in [2.45, 2.75) is 62.7 Å². The van der Waals surface area contributed by atoms with Crippen LogP contribution in [0.5, 0.6) is 5.75 Å². The molecule has 0 aliphatic heterocycles. The number of hydrogen-bond donors (Lipinski definition) is 2. The molecule has 0 unspecified atom stereocenters. The number of methoxy groups -OCH3 is 1. The van der Waals surface area contributed by atoms with Gasteiger partial charge in [0, 0.05) is 23.6 Å². The van der Waals surface area contributed by atoms with E-state index in [0.29, 0.717) is 23.8 Å². The molecule has 1 aliphatic carbocycles. The number of nitrogens with one attached hydrogen (secondary N) is 2. The summed E-state index contributed by atoms with van der Waals surface area (Å²) in [5, 5.41) is 7.77. The number of rotatable bonds is 12. The highest BCUT2D eigenvalue weighted by Gasteiger charge is 2.30. The molecule has 3 aromatic rings. The first-order chi connectivity index (χ1) is 16.0. The molecule has 1 aliphatic rings. The molecule has 0 bridgehead atoms. The fourth-order valence-corrected chi connectivity index (χ4v) is 5.16. The third-order valence-electron chi connectivity index (χ3n) is 6.21. The van der Waals surface area contributed by atoms with Crippen LogP contribution < -0.4 is 9.46 Å². The SMILES string of the molecule is CCCCCc1ccc(S(=O)(=O)NCCc2c(C3CC3)n[nH]c2-c2ccc(OC)cc2)cc1. The summed E-state index contributed by atoms with van der Waals surface area (Å²) in [6.45, 7) is 2.50. The van der Waals surface area contributed by atoms with Crippen LogP contribution in [-0.2, 0) is 22.9 Å². The predicted molar refractivity (Wildman–Crippen MR) is 131 cm³/mol. The second-order valence-electron chi connectivity index (χ2n) is 8.71. The number of nitrogens with zero attached hydrogens (tertiary/aromatic N) is 1. The quantitative estimate of drug-likeness (QED) is 0.358. The van der Waals surface area contributed by atoms with Crippen LogP contribution in [-0.4, -0.2) is 32.3 Å². The standard InChI is InChI=1S/C26H33N3O3S/c1-3-4-5-6-19-7-15-23(16-8-19)33(30,31)27-18-17-24-25(20-9-10-20)28-29-26(24)21-11-13-22(32-2)14-12-21/h7-8,11-16,20,27H,3-6,9-10,17-18H2,1-2H3,(H,28,29). The predicted octanol–water partition coefficient (Wildman–Crippen LogP) is 5.22. The van der Waals surface area contributed by atoms with E-state index in [-0.39, 0.29) is 0 Å². The van der Waals surface area contributed by atoms with Crippen LogP contribution in [0.3, 0.4) is 0 Å². The maximum Gasteiger partial charge on any atom is 0.240 e. The fraction of sp³-hybridized carbons (Fsp3) is 0.423. The molecule has 2 aromatic carbocycles. The van der Waals surface area contributed by atoms with Gasteiger partial charge in [-0.25, -0.2) is 13.1 Å². The van der Waals surface area contributed by atoms with Crippen molar-refractivity contribution in [3.8, 4) is 17.0 Å². The van der Waals surface area contributed by atoms with Crippen molar-refractivity contribution in [3.05, 3.63) is 65.4 Å². The number of aromatic nitrogens is 2. The third-order valence-corrected chi connectivity index (χ3v) is 7.69. The lowest BCUT2D eigenvalue weighted by molar-refractivity contribution is 0.415. The average Bonchev–Trinajstić information content (AvgIpc) is 3.59. The maximum absolute atomic E-state index is 12.8. The summed E-state index contributed by atoms with van der Waals surface area (Å²) in [5.74, 6) is 1.27. The third kappa shape index (κ3) is 5.84. The van der Waals surface area contributed by atoms with Gasteiger partial charge in [-0.05, 0) is 74.1 Å². The van der Waals surface area contributed by atoms with Crippen molar-refractivity contribution in [2.24, 2.45) is 0 Å². The lowest BCUT2D eigenvalue weighted by atomic mass is 10.0. The second-order valence-corrected chi connectivity index (χ2v) is 10.5. The number of unbranched alkanes of at least 4 members (excludes halogenated alkanes) is 2. The minimum atomic E-state index is -3.56. The molecule has 0 atom stereocenters. The van der Waals surface area contributed by atoms with Crippen LogP contribution in [0.25, 0.3) is 11.3 Å². The van der Waals surface area contributed by atoms with E-state index in [2.05, 4.69) is 21.8 Å². The van der Waals surface area contributed by atoms with Crippen molar-refractivity contribution in [1.82, 2.24) is 14.9 Å². The Hall–Kier alpha value is -2.64. The molecule has 0 radical (unpaired) electrons. The molecule has 7 heteroatoms. The van der Waals surface area contributed by atoms with Crippen molar-refractivity contribution < 1.29 is 13.2 Å². The normalized spacial score (nSPS) is 13.9. The van der Waals surface area contributed by atoms with E-state index >= 15 is 0 Å². The Bertz CT molecular complexity index is 1150. The molecule has 0 saturated heterocycles.